The molecule has 0 N–H and O–H groups in total. The number of hydrogen-bond donors (Lipinski definition) is 0. The van der Waals surface area contributed by atoms with E-state index in [9.17, 15) is 18.9 Å². The highest BCUT2D eigenvalue weighted by Gasteiger charge is 2.11. The summed E-state index contributed by atoms with van der Waals surface area (Å²) in [5.74, 6) is -0.0383. The number of methoxy groups -OCH3 is 1. The van der Waals surface area contributed by atoms with Crippen LogP contribution < -0.4 is 9.47 Å². The van der Waals surface area contributed by atoms with Crippen molar-refractivity contribution in [3.05, 3.63) is 39.6 Å². The van der Waals surface area contributed by atoms with Crippen LogP contribution in [0.5, 0.6) is 11.5 Å². The summed E-state index contributed by atoms with van der Waals surface area (Å²) in [5.41, 5.74) is 0.391. The van der Waals surface area contributed by atoms with E-state index in [4.69, 9.17) is 4.74 Å². The van der Waals surface area contributed by atoms with Crippen LogP contribution in [0.4, 0.5) is 8.78 Å². The molecule has 0 saturated heterocycles. The topological polar surface area (TPSA) is 61.6 Å². The highest BCUT2D eigenvalue weighted by Crippen LogP contribution is 2.30. The predicted octanol–water partition coefficient (Wildman–Crippen LogP) is 2.93. The SMILES string of the molecule is COc1cc(C=C(C)[N+](=O)[O-])ccc1OC(F)F. The number of rotatable bonds is 5. The molecule has 18 heavy (non-hydrogen) atoms. The van der Waals surface area contributed by atoms with Crippen LogP contribution in [0.1, 0.15) is 12.5 Å². The van der Waals surface area contributed by atoms with Gasteiger partial charge < -0.3 is 9.47 Å². The Morgan fingerprint density at radius 3 is 2.61 bits per heavy atom. The molecular formula is C11H11F2NO4. The summed E-state index contributed by atoms with van der Waals surface area (Å²) in [4.78, 5) is 9.91. The molecule has 0 radical (unpaired) electrons. The second-order valence-electron chi connectivity index (χ2n) is 3.33. The number of allylic oxidation sites excluding steroid dienone is 1. The molecule has 0 aromatic heterocycles. The van der Waals surface area contributed by atoms with Crippen LogP contribution in [0.2, 0.25) is 0 Å². The maximum atomic E-state index is 12.1. The third-order valence-corrected chi connectivity index (χ3v) is 2.07. The van der Waals surface area contributed by atoms with Gasteiger partial charge >= 0.3 is 6.61 Å². The van der Waals surface area contributed by atoms with Gasteiger partial charge in [-0.1, -0.05) is 6.07 Å². The smallest absolute Gasteiger partial charge is 0.387 e. The lowest BCUT2D eigenvalue weighted by molar-refractivity contribution is -0.422. The van der Waals surface area contributed by atoms with E-state index in [1.165, 1.54) is 38.3 Å². The normalized spacial score (nSPS) is 11.5. The van der Waals surface area contributed by atoms with Crippen LogP contribution in [0.25, 0.3) is 6.08 Å². The molecule has 0 aliphatic heterocycles. The minimum atomic E-state index is -2.96. The number of ether oxygens (including phenoxy) is 2. The first-order valence-corrected chi connectivity index (χ1v) is 4.89. The number of nitrogens with zero attached hydrogens (tertiary/aromatic N) is 1. The van der Waals surface area contributed by atoms with Gasteiger partial charge in [-0.3, -0.25) is 10.1 Å². The Hall–Kier alpha value is -2.18. The Balaban J connectivity index is 3.05. The summed E-state index contributed by atoms with van der Waals surface area (Å²) in [6.07, 6.45) is 1.30. The second kappa shape index (κ2) is 5.95. The van der Waals surface area contributed by atoms with Gasteiger partial charge in [-0.25, -0.2) is 0 Å². The lowest BCUT2D eigenvalue weighted by Crippen LogP contribution is -2.03. The van der Waals surface area contributed by atoms with E-state index in [0.29, 0.717) is 5.56 Å². The van der Waals surface area contributed by atoms with Gasteiger partial charge in [0.05, 0.1) is 12.0 Å². The summed E-state index contributed by atoms with van der Waals surface area (Å²) in [6.45, 7) is -1.63. The van der Waals surface area contributed by atoms with Crippen molar-refractivity contribution in [3.8, 4) is 11.5 Å². The molecule has 0 unspecified atom stereocenters. The van der Waals surface area contributed by atoms with Crippen molar-refractivity contribution < 1.29 is 23.2 Å². The average molecular weight is 259 g/mol. The number of nitro groups is 1. The van der Waals surface area contributed by atoms with Crippen molar-refractivity contribution in [2.24, 2.45) is 0 Å². The van der Waals surface area contributed by atoms with Crippen LogP contribution in [0.15, 0.2) is 23.9 Å². The van der Waals surface area contributed by atoms with Gasteiger partial charge in [-0.2, -0.15) is 8.78 Å². The Morgan fingerprint density at radius 2 is 2.11 bits per heavy atom. The third-order valence-electron chi connectivity index (χ3n) is 2.07. The maximum Gasteiger partial charge on any atom is 0.387 e. The van der Waals surface area contributed by atoms with Crippen LogP contribution in [-0.4, -0.2) is 18.6 Å². The van der Waals surface area contributed by atoms with Gasteiger partial charge in [-0.15, -0.1) is 0 Å². The zero-order valence-corrected chi connectivity index (χ0v) is 9.72. The second-order valence-corrected chi connectivity index (χ2v) is 3.33. The minimum absolute atomic E-state index is 0.0698. The molecule has 0 spiro atoms. The maximum absolute atomic E-state index is 12.1. The lowest BCUT2D eigenvalue weighted by Gasteiger charge is -2.10. The highest BCUT2D eigenvalue weighted by molar-refractivity contribution is 5.56. The molecular weight excluding hydrogens is 248 g/mol. The molecule has 1 aromatic carbocycles. The molecule has 0 bridgehead atoms. The van der Waals surface area contributed by atoms with Crippen molar-refractivity contribution in [3.63, 3.8) is 0 Å². The van der Waals surface area contributed by atoms with Gasteiger partial charge in [0.15, 0.2) is 11.5 Å². The van der Waals surface area contributed by atoms with Crippen LogP contribution in [0.3, 0.4) is 0 Å². The lowest BCUT2D eigenvalue weighted by atomic mass is 10.2. The standard InChI is InChI=1S/C11H11F2NO4/c1-7(14(15)16)5-8-3-4-9(18-11(12)13)10(6-8)17-2/h3-6,11H,1-2H3. The van der Waals surface area contributed by atoms with E-state index in [2.05, 4.69) is 4.74 Å². The Morgan fingerprint density at radius 1 is 1.44 bits per heavy atom. The molecule has 0 heterocycles. The van der Waals surface area contributed by atoms with Crippen molar-refractivity contribution >= 4 is 6.08 Å². The van der Waals surface area contributed by atoms with Crippen molar-refractivity contribution in [2.75, 3.05) is 7.11 Å². The Labute approximate surface area is 102 Å². The van der Waals surface area contributed by atoms with E-state index < -0.39 is 11.5 Å². The van der Waals surface area contributed by atoms with E-state index in [0.717, 1.165) is 0 Å². The first-order valence-electron chi connectivity index (χ1n) is 4.89. The zero-order valence-electron chi connectivity index (χ0n) is 9.72. The van der Waals surface area contributed by atoms with Gasteiger partial charge in [0.2, 0.25) is 5.70 Å². The summed E-state index contributed by atoms with van der Waals surface area (Å²) in [7, 11) is 1.29. The van der Waals surface area contributed by atoms with Crippen LogP contribution in [0, 0.1) is 10.1 Å². The third kappa shape index (κ3) is 3.69. The van der Waals surface area contributed by atoms with Gasteiger partial charge in [0.25, 0.3) is 0 Å². The molecule has 98 valence electrons. The van der Waals surface area contributed by atoms with Gasteiger partial charge in [-0.05, 0) is 17.7 Å². The molecule has 0 fully saturated rings. The fourth-order valence-electron chi connectivity index (χ4n) is 1.26. The summed E-state index contributed by atoms with van der Waals surface area (Å²) < 4.78 is 33.3. The summed E-state index contributed by atoms with van der Waals surface area (Å²) in [6, 6.07) is 4.07. The average Bonchev–Trinajstić information content (AvgIpc) is 2.30. The fraction of sp³-hybridized carbons (Fsp3) is 0.273. The number of hydrogen-bond acceptors (Lipinski definition) is 4. The van der Waals surface area contributed by atoms with Gasteiger partial charge in [0, 0.05) is 13.0 Å². The van der Waals surface area contributed by atoms with Gasteiger partial charge in [0.1, 0.15) is 0 Å². The molecule has 0 aliphatic rings. The first-order chi connectivity index (χ1) is 8.43. The van der Waals surface area contributed by atoms with E-state index in [-0.39, 0.29) is 17.2 Å². The molecule has 0 amide bonds. The predicted molar refractivity (Wildman–Crippen MR) is 60.3 cm³/mol. The van der Waals surface area contributed by atoms with Crippen molar-refractivity contribution in [1.29, 1.82) is 0 Å². The highest BCUT2D eigenvalue weighted by atomic mass is 19.3. The summed E-state index contributed by atoms with van der Waals surface area (Å²) >= 11 is 0. The molecule has 0 atom stereocenters. The van der Waals surface area contributed by atoms with Crippen molar-refractivity contribution in [1.82, 2.24) is 0 Å². The first kappa shape index (κ1) is 13.9. The van der Waals surface area contributed by atoms with Crippen LogP contribution in [-0.2, 0) is 0 Å². The monoisotopic (exact) mass is 259 g/mol. The molecule has 5 nitrogen and oxygen atoms in total. The minimum Gasteiger partial charge on any atom is -0.493 e. The molecule has 1 aromatic rings. The Kier molecular flexibility index (Phi) is 4.59. The number of halogens is 2. The molecule has 7 heteroatoms. The fourth-order valence-corrected chi connectivity index (χ4v) is 1.26. The molecule has 0 aliphatic carbocycles. The largest absolute Gasteiger partial charge is 0.493 e. The van der Waals surface area contributed by atoms with Crippen LogP contribution >= 0.6 is 0 Å². The molecule has 0 saturated carbocycles. The van der Waals surface area contributed by atoms with E-state index >= 15 is 0 Å². The quantitative estimate of drug-likeness (QED) is 0.602. The number of alkyl halides is 2. The van der Waals surface area contributed by atoms with E-state index in [1.807, 2.05) is 0 Å². The Bertz CT molecular complexity index is 474. The van der Waals surface area contributed by atoms with E-state index in [1.54, 1.807) is 0 Å². The van der Waals surface area contributed by atoms with Crippen molar-refractivity contribution in [2.45, 2.75) is 13.5 Å². The number of benzene rings is 1. The zero-order chi connectivity index (χ0) is 13.7. The summed E-state index contributed by atoms with van der Waals surface area (Å²) in [5, 5.41) is 10.5. The molecule has 1 rings (SSSR count).